The fraction of sp³-hybridized carbons (Fsp3) is 0.731. The number of carbonyl (C=O) groups is 3. The SMILES string of the molecule is C=C[C@]1(C)CC[C@@H](C(C)(C)O[C@H]2OC[C@H](OC(C)=O)[C@@H](OC(C)=O)[C@@H]2OC(C)=O)C[C@H]1C(=C)C. The van der Waals surface area contributed by atoms with E-state index in [1.807, 2.05) is 26.8 Å². The average Bonchev–Trinajstić information content (AvgIpc) is 2.71. The van der Waals surface area contributed by atoms with E-state index >= 15 is 0 Å². The maximum Gasteiger partial charge on any atom is 0.303 e. The standard InChI is InChI=1S/C26H40O8/c1-10-26(9)12-11-19(13-20(26)15(2)3)25(7,8)34-24-23(33-18(6)29)22(32-17(5)28)21(14-30-24)31-16(4)27/h10,19-24H,1-2,11-14H2,3-9H3/t19-,20+,21+,22-,23+,24-,26-/m1/s1. The number of allylic oxidation sites excluding steroid dienone is 2. The summed E-state index contributed by atoms with van der Waals surface area (Å²) < 4.78 is 28.5. The van der Waals surface area contributed by atoms with Crippen molar-refractivity contribution in [3.05, 3.63) is 24.8 Å². The monoisotopic (exact) mass is 480 g/mol. The first-order valence-electron chi connectivity index (χ1n) is 11.8. The second-order valence-electron chi connectivity index (χ2n) is 10.3. The molecule has 2 fully saturated rings. The van der Waals surface area contributed by atoms with Crippen molar-refractivity contribution in [2.75, 3.05) is 6.61 Å². The minimum absolute atomic E-state index is 0.0301. The molecule has 1 heterocycles. The van der Waals surface area contributed by atoms with Crippen LogP contribution in [-0.2, 0) is 38.1 Å². The minimum Gasteiger partial charge on any atom is -0.456 e. The molecule has 1 saturated carbocycles. The molecule has 8 nitrogen and oxygen atoms in total. The van der Waals surface area contributed by atoms with Crippen LogP contribution >= 0.6 is 0 Å². The summed E-state index contributed by atoms with van der Waals surface area (Å²) in [6.07, 6.45) is 0.643. The third kappa shape index (κ3) is 6.69. The van der Waals surface area contributed by atoms with Gasteiger partial charge in [0.05, 0.1) is 12.2 Å². The van der Waals surface area contributed by atoms with Gasteiger partial charge < -0.3 is 23.7 Å². The van der Waals surface area contributed by atoms with Crippen LogP contribution in [0.4, 0.5) is 0 Å². The Morgan fingerprint density at radius 1 is 1.00 bits per heavy atom. The molecule has 0 unspecified atom stereocenters. The normalized spacial score (nSPS) is 34.0. The van der Waals surface area contributed by atoms with E-state index in [4.69, 9.17) is 23.7 Å². The molecule has 192 valence electrons. The van der Waals surface area contributed by atoms with E-state index < -0.39 is 48.1 Å². The third-order valence-electron chi connectivity index (χ3n) is 7.12. The van der Waals surface area contributed by atoms with E-state index in [9.17, 15) is 14.4 Å². The Kier molecular flexibility index (Phi) is 9.10. The number of carbonyl (C=O) groups excluding carboxylic acids is 3. The van der Waals surface area contributed by atoms with Crippen LogP contribution in [0.2, 0.25) is 0 Å². The van der Waals surface area contributed by atoms with Gasteiger partial charge in [-0.2, -0.15) is 0 Å². The van der Waals surface area contributed by atoms with E-state index in [1.54, 1.807) is 0 Å². The fourth-order valence-electron chi connectivity index (χ4n) is 5.18. The quantitative estimate of drug-likeness (QED) is 0.291. The molecule has 2 aliphatic rings. The van der Waals surface area contributed by atoms with Crippen molar-refractivity contribution in [2.45, 2.75) is 97.9 Å². The minimum atomic E-state index is -1.10. The topological polar surface area (TPSA) is 97.4 Å². The lowest BCUT2D eigenvalue weighted by Crippen LogP contribution is -2.60. The zero-order chi connectivity index (χ0) is 25.8. The van der Waals surface area contributed by atoms with Gasteiger partial charge in [0.1, 0.15) is 0 Å². The second-order valence-corrected chi connectivity index (χ2v) is 10.3. The average molecular weight is 481 g/mol. The Bertz CT molecular complexity index is 803. The summed E-state index contributed by atoms with van der Waals surface area (Å²) in [5, 5.41) is 0. The molecule has 0 aromatic rings. The highest BCUT2D eigenvalue weighted by Gasteiger charge is 2.51. The molecule has 0 bridgehead atoms. The van der Waals surface area contributed by atoms with Gasteiger partial charge in [-0.25, -0.2) is 0 Å². The molecule has 1 aliphatic carbocycles. The van der Waals surface area contributed by atoms with Gasteiger partial charge in [-0.05, 0) is 57.3 Å². The zero-order valence-electron chi connectivity index (χ0n) is 21.6. The molecule has 34 heavy (non-hydrogen) atoms. The highest BCUT2D eigenvalue weighted by Crippen LogP contribution is 2.50. The van der Waals surface area contributed by atoms with E-state index in [0.29, 0.717) is 0 Å². The first-order valence-corrected chi connectivity index (χ1v) is 11.8. The molecule has 0 aromatic heterocycles. The summed E-state index contributed by atoms with van der Waals surface area (Å²) in [7, 11) is 0. The van der Waals surface area contributed by atoms with Gasteiger partial charge in [-0.15, -0.1) is 6.58 Å². The van der Waals surface area contributed by atoms with E-state index in [1.165, 1.54) is 20.8 Å². The molecule has 8 heteroatoms. The predicted octanol–water partition coefficient (Wildman–Crippen LogP) is 4.12. The van der Waals surface area contributed by atoms with Gasteiger partial charge in [0.2, 0.25) is 0 Å². The van der Waals surface area contributed by atoms with Gasteiger partial charge in [0.25, 0.3) is 0 Å². The van der Waals surface area contributed by atoms with Crippen LogP contribution in [0.1, 0.15) is 67.7 Å². The van der Waals surface area contributed by atoms with Crippen LogP contribution in [0, 0.1) is 17.3 Å². The van der Waals surface area contributed by atoms with Gasteiger partial charge in [0.15, 0.2) is 24.6 Å². The van der Waals surface area contributed by atoms with Crippen molar-refractivity contribution in [2.24, 2.45) is 17.3 Å². The second kappa shape index (κ2) is 11.0. The van der Waals surface area contributed by atoms with Crippen LogP contribution in [-0.4, -0.2) is 54.7 Å². The van der Waals surface area contributed by atoms with E-state index in [-0.39, 0.29) is 23.9 Å². The smallest absolute Gasteiger partial charge is 0.303 e. The molecule has 7 atom stereocenters. The molecule has 1 aliphatic heterocycles. The van der Waals surface area contributed by atoms with E-state index in [2.05, 4.69) is 20.1 Å². The number of hydrogen-bond acceptors (Lipinski definition) is 8. The molecule has 0 radical (unpaired) electrons. The van der Waals surface area contributed by atoms with Crippen LogP contribution in [0.15, 0.2) is 24.8 Å². The van der Waals surface area contributed by atoms with Crippen LogP contribution < -0.4 is 0 Å². The van der Waals surface area contributed by atoms with E-state index in [0.717, 1.165) is 24.8 Å². The molecule has 0 N–H and O–H groups in total. The van der Waals surface area contributed by atoms with Crippen molar-refractivity contribution >= 4 is 17.9 Å². The lowest BCUT2D eigenvalue weighted by atomic mass is 9.60. The Morgan fingerprint density at radius 2 is 1.56 bits per heavy atom. The van der Waals surface area contributed by atoms with Crippen molar-refractivity contribution in [1.29, 1.82) is 0 Å². The Morgan fingerprint density at radius 3 is 2.06 bits per heavy atom. The molecule has 1 saturated heterocycles. The Hall–Kier alpha value is -2.19. The van der Waals surface area contributed by atoms with Crippen LogP contribution in [0.25, 0.3) is 0 Å². The zero-order valence-corrected chi connectivity index (χ0v) is 21.6. The molecular formula is C26H40O8. The summed E-state index contributed by atoms with van der Waals surface area (Å²) in [4.78, 5) is 35.3. The van der Waals surface area contributed by atoms with Crippen molar-refractivity contribution < 1.29 is 38.1 Å². The number of hydrogen-bond donors (Lipinski definition) is 0. The molecule has 0 amide bonds. The Balaban J connectivity index is 2.28. The summed E-state index contributed by atoms with van der Waals surface area (Å²) in [5.41, 5.74) is 0.417. The predicted molar refractivity (Wildman–Crippen MR) is 126 cm³/mol. The van der Waals surface area contributed by atoms with Crippen molar-refractivity contribution in [3.63, 3.8) is 0 Å². The van der Waals surface area contributed by atoms with Crippen LogP contribution in [0.5, 0.6) is 0 Å². The Labute approximate surface area is 203 Å². The molecular weight excluding hydrogens is 440 g/mol. The van der Waals surface area contributed by atoms with Crippen LogP contribution in [0.3, 0.4) is 0 Å². The van der Waals surface area contributed by atoms with Gasteiger partial charge >= 0.3 is 17.9 Å². The van der Waals surface area contributed by atoms with Gasteiger partial charge in [-0.3, -0.25) is 14.4 Å². The molecule has 2 rings (SSSR count). The van der Waals surface area contributed by atoms with Gasteiger partial charge in [-0.1, -0.05) is 25.2 Å². The maximum absolute atomic E-state index is 11.9. The van der Waals surface area contributed by atoms with Gasteiger partial charge in [0, 0.05) is 20.8 Å². The summed E-state index contributed by atoms with van der Waals surface area (Å²) in [5.74, 6) is -1.33. The fourth-order valence-corrected chi connectivity index (χ4v) is 5.18. The first kappa shape index (κ1) is 28.1. The lowest BCUT2D eigenvalue weighted by Gasteiger charge is -2.49. The summed E-state index contributed by atoms with van der Waals surface area (Å²) in [6.45, 7) is 20.1. The summed E-state index contributed by atoms with van der Waals surface area (Å²) in [6, 6.07) is 0. The molecule has 0 spiro atoms. The first-order chi connectivity index (χ1) is 15.7. The highest BCUT2D eigenvalue weighted by atomic mass is 16.7. The number of ether oxygens (including phenoxy) is 5. The largest absolute Gasteiger partial charge is 0.456 e. The highest BCUT2D eigenvalue weighted by molar-refractivity contribution is 5.68. The van der Waals surface area contributed by atoms with Crippen molar-refractivity contribution in [3.8, 4) is 0 Å². The molecule has 0 aromatic carbocycles. The third-order valence-corrected chi connectivity index (χ3v) is 7.12. The summed E-state index contributed by atoms with van der Waals surface area (Å²) >= 11 is 0. The number of rotatable bonds is 8. The lowest BCUT2D eigenvalue weighted by molar-refractivity contribution is -0.310. The van der Waals surface area contributed by atoms with Crippen molar-refractivity contribution in [1.82, 2.24) is 0 Å². The number of esters is 3. The maximum atomic E-state index is 11.9.